The number of para-hydroxylation sites is 1. The lowest BCUT2D eigenvalue weighted by Gasteiger charge is -2.37. The highest BCUT2D eigenvalue weighted by atomic mass is 16.5. The van der Waals surface area contributed by atoms with Crippen molar-refractivity contribution in [2.45, 2.75) is 44.7 Å². The van der Waals surface area contributed by atoms with Crippen molar-refractivity contribution in [3.8, 4) is 5.75 Å². The van der Waals surface area contributed by atoms with Crippen molar-refractivity contribution < 1.29 is 4.74 Å². The smallest absolute Gasteiger partial charge is 0.122 e. The minimum absolute atomic E-state index is 0.625. The highest BCUT2D eigenvalue weighted by molar-refractivity contribution is 5.37. The van der Waals surface area contributed by atoms with Crippen molar-refractivity contribution in [3.05, 3.63) is 29.8 Å². The van der Waals surface area contributed by atoms with Gasteiger partial charge in [-0.3, -0.25) is 0 Å². The second-order valence-corrected chi connectivity index (χ2v) is 6.14. The van der Waals surface area contributed by atoms with Crippen LogP contribution in [0.1, 0.15) is 38.2 Å². The lowest BCUT2D eigenvalue weighted by Crippen LogP contribution is -2.44. The van der Waals surface area contributed by atoms with E-state index in [4.69, 9.17) is 4.74 Å². The molecule has 0 amide bonds. The van der Waals surface area contributed by atoms with Crippen LogP contribution < -0.4 is 10.1 Å². The number of nitrogens with zero attached hydrogens (tertiary/aromatic N) is 1. The zero-order valence-corrected chi connectivity index (χ0v) is 13.2. The Morgan fingerprint density at radius 3 is 2.65 bits per heavy atom. The Hall–Kier alpha value is -1.06. The zero-order chi connectivity index (χ0) is 14.5. The van der Waals surface area contributed by atoms with Crippen LogP contribution in [0.5, 0.6) is 5.75 Å². The van der Waals surface area contributed by atoms with Gasteiger partial charge in [0.1, 0.15) is 5.75 Å². The molecule has 1 aromatic carbocycles. The van der Waals surface area contributed by atoms with Crippen LogP contribution in [0.25, 0.3) is 0 Å². The molecule has 1 aliphatic carbocycles. The number of methoxy groups -OCH3 is 1. The molecule has 20 heavy (non-hydrogen) atoms. The van der Waals surface area contributed by atoms with Crippen molar-refractivity contribution in [2.75, 3.05) is 27.2 Å². The third kappa shape index (κ3) is 3.74. The Balaban J connectivity index is 1.72. The Kier molecular flexibility index (Phi) is 5.44. The van der Waals surface area contributed by atoms with Crippen molar-refractivity contribution in [3.63, 3.8) is 0 Å². The maximum absolute atomic E-state index is 5.45. The molecule has 2 rings (SSSR count). The fourth-order valence-corrected chi connectivity index (χ4v) is 2.75. The summed E-state index contributed by atoms with van der Waals surface area (Å²) in [4.78, 5) is 2.38. The van der Waals surface area contributed by atoms with Crippen LogP contribution >= 0.6 is 0 Å². The van der Waals surface area contributed by atoms with Crippen LogP contribution in [-0.4, -0.2) is 44.2 Å². The fourth-order valence-electron chi connectivity index (χ4n) is 2.75. The van der Waals surface area contributed by atoms with Gasteiger partial charge in [0.15, 0.2) is 0 Å². The molecule has 1 aromatic rings. The molecule has 0 spiro atoms. The monoisotopic (exact) mass is 276 g/mol. The quantitative estimate of drug-likeness (QED) is 0.829. The predicted molar refractivity (Wildman–Crippen MR) is 84.5 cm³/mol. The van der Waals surface area contributed by atoms with E-state index in [2.05, 4.69) is 49.3 Å². The summed E-state index contributed by atoms with van der Waals surface area (Å²) < 4.78 is 5.45. The Morgan fingerprint density at radius 1 is 1.30 bits per heavy atom. The third-order valence-corrected chi connectivity index (χ3v) is 4.50. The summed E-state index contributed by atoms with van der Waals surface area (Å²) >= 11 is 0. The van der Waals surface area contributed by atoms with Gasteiger partial charge in [0.05, 0.1) is 7.11 Å². The predicted octanol–water partition coefficient (Wildman–Crippen LogP) is 2.87. The summed E-state index contributed by atoms with van der Waals surface area (Å²) in [5, 5.41) is 3.66. The lowest BCUT2D eigenvalue weighted by atomic mass is 9.75. The van der Waals surface area contributed by atoms with E-state index >= 15 is 0 Å². The fraction of sp³-hybridized carbons (Fsp3) is 0.647. The van der Waals surface area contributed by atoms with Crippen molar-refractivity contribution >= 4 is 0 Å². The summed E-state index contributed by atoms with van der Waals surface area (Å²) in [7, 11) is 3.94. The van der Waals surface area contributed by atoms with E-state index in [-0.39, 0.29) is 0 Å². The van der Waals surface area contributed by atoms with E-state index in [1.165, 1.54) is 18.4 Å². The second kappa shape index (κ2) is 7.09. The molecular weight excluding hydrogens is 248 g/mol. The normalized spacial score (nSPS) is 22.1. The van der Waals surface area contributed by atoms with Gasteiger partial charge in [-0.25, -0.2) is 0 Å². The van der Waals surface area contributed by atoms with Gasteiger partial charge in [-0.05, 0) is 51.3 Å². The van der Waals surface area contributed by atoms with E-state index in [1.54, 1.807) is 7.11 Å². The van der Waals surface area contributed by atoms with Crippen molar-refractivity contribution in [1.29, 1.82) is 0 Å². The molecule has 3 heteroatoms. The standard InChI is InChI=1S/C17H28N2O/c1-13(2)19(3)10-9-18-15-11-14(12-15)16-7-5-6-8-17(16)20-4/h5-8,13-15,18H,9-12H2,1-4H3. The molecular formula is C17H28N2O. The highest BCUT2D eigenvalue weighted by Gasteiger charge is 2.31. The van der Waals surface area contributed by atoms with E-state index in [0.29, 0.717) is 18.0 Å². The van der Waals surface area contributed by atoms with Gasteiger partial charge in [0, 0.05) is 25.2 Å². The molecule has 0 aliphatic heterocycles. The van der Waals surface area contributed by atoms with Crippen LogP contribution in [0.15, 0.2) is 24.3 Å². The number of hydrogen-bond donors (Lipinski definition) is 1. The van der Waals surface area contributed by atoms with Crippen LogP contribution in [0, 0.1) is 0 Å². The maximum atomic E-state index is 5.45. The summed E-state index contributed by atoms with van der Waals surface area (Å²) in [6, 6.07) is 9.71. The van der Waals surface area contributed by atoms with Gasteiger partial charge in [0.25, 0.3) is 0 Å². The molecule has 1 aliphatic rings. The molecule has 0 bridgehead atoms. The number of benzene rings is 1. The van der Waals surface area contributed by atoms with Gasteiger partial charge < -0.3 is 15.0 Å². The van der Waals surface area contributed by atoms with Gasteiger partial charge in [-0.15, -0.1) is 0 Å². The molecule has 112 valence electrons. The Labute approximate surface area is 123 Å². The molecule has 0 unspecified atom stereocenters. The van der Waals surface area contributed by atoms with Crippen molar-refractivity contribution in [1.82, 2.24) is 10.2 Å². The molecule has 0 saturated heterocycles. The first kappa shape index (κ1) is 15.3. The van der Waals surface area contributed by atoms with E-state index in [0.717, 1.165) is 18.8 Å². The minimum atomic E-state index is 0.625. The van der Waals surface area contributed by atoms with Gasteiger partial charge >= 0.3 is 0 Å². The number of ether oxygens (including phenoxy) is 1. The van der Waals surface area contributed by atoms with E-state index in [1.807, 2.05) is 6.07 Å². The van der Waals surface area contributed by atoms with Gasteiger partial charge in [-0.1, -0.05) is 18.2 Å². The maximum Gasteiger partial charge on any atom is 0.122 e. The second-order valence-electron chi connectivity index (χ2n) is 6.14. The lowest BCUT2D eigenvalue weighted by molar-refractivity contribution is 0.240. The van der Waals surface area contributed by atoms with Crippen LogP contribution in [0.2, 0.25) is 0 Å². The Morgan fingerprint density at radius 2 is 2.00 bits per heavy atom. The molecule has 3 nitrogen and oxygen atoms in total. The first-order valence-electron chi connectivity index (χ1n) is 7.68. The SMILES string of the molecule is COc1ccccc1C1CC(NCCN(C)C(C)C)C1. The first-order chi connectivity index (χ1) is 9.61. The molecule has 0 radical (unpaired) electrons. The van der Waals surface area contributed by atoms with E-state index < -0.39 is 0 Å². The van der Waals surface area contributed by atoms with Crippen molar-refractivity contribution in [2.24, 2.45) is 0 Å². The van der Waals surface area contributed by atoms with Gasteiger partial charge in [0.2, 0.25) is 0 Å². The van der Waals surface area contributed by atoms with Crippen LogP contribution in [0.3, 0.4) is 0 Å². The molecule has 0 heterocycles. The number of rotatable bonds is 7. The number of hydrogen-bond acceptors (Lipinski definition) is 3. The first-order valence-corrected chi connectivity index (χ1v) is 7.68. The topological polar surface area (TPSA) is 24.5 Å². The average Bonchev–Trinajstić information content (AvgIpc) is 2.41. The highest BCUT2D eigenvalue weighted by Crippen LogP contribution is 2.40. The summed E-state index contributed by atoms with van der Waals surface area (Å²) in [5.41, 5.74) is 1.37. The van der Waals surface area contributed by atoms with E-state index in [9.17, 15) is 0 Å². The average molecular weight is 276 g/mol. The largest absolute Gasteiger partial charge is 0.496 e. The zero-order valence-electron chi connectivity index (χ0n) is 13.2. The van der Waals surface area contributed by atoms with Gasteiger partial charge in [-0.2, -0.15) is 0 Å². The third-order valence-electron chi connectivity index (χ3n) is 4.50. The minimum Gasteiger partial charge on any atom is -0.496 e. The Bertz CT molecular complexity index is 413. The summed E-state index contributed by atoms with van der Waals surface area (Å²) in [6.45, 7) is 6.67. The summed E-state index contributed by atoms with van der Waals surface area (Å²) in [6.07, 6.45) is 2.46. The summed E-state index contributed by atoms with van der Waals surface area (Å²) in [5.74, 6) is 1.70. The molecule has 1 saturated carbocycles. The molecule has 1 N–H and O–H groups in total. The molecule has 0 aromatic heterocycles. The molecule has 0 atom stereocenters. The van der Waals surface area contributed by atoms with Crippen LogP contribution in [-0.2, 0) is 0 Å². The number of likely N-dealkylation sites (N-methyl/N-ethyl adjacent to an activating group) is 1. The van der Waals surface area contributed by atoms with Crippen LogP contribution in [0.4, 0.5) is 0 Å². The molecule has 1 fully saturated rings. The number of nitrogens with one attached hydrogen (secondary N) is 1.